The lowest BCUT2D eigenvalue weighted by Crippen LogP contribution is -2.38. The average molecular weight is 718 g/mol. The van der Waals surface area contributed by atoms with Gasteiger partial charge in [0, 0.05) is 27.9 Å². The summed E-state index contributed by atoms with van der Waals surface area (Å²) in [5, 5.41) is 11.0. The molecule has 1 atom stereocenters. The number of hydrogen-bond donors (Lipinski definition) is 2. The summed E-state index contributed by atoms with van der Waals surface area (Å²) in [5.41, 5.74) is 3.86. The Balaban J connectivity index is 1.13. The maximum absolute atomic E-state index is 12.7. The summed E-state index contributed by atoms with van der Waals surface area (Å²) in [6, 6.07) is 19.5. The van der Waals surface area contributed by atoms with Crippen molar-refractivity contribution in [2.75, 3.05) is 61.2 Å². The van der Waals surface area contributed by atoms with E-state index in [1.165, 1.54) is 14.2 Å². The highest BCUT2D eigenvalue weighted by atomic mass is 35.5. The molecule has 51 heavy (non-hydrogen) atoms. The van der Waals surface area contributed by atoms with Gasteiger partial charge in [0.15, 0.2) is 40.3 Å². The van der Waals surface area contributed by atoms with E-state index in [1.807, 2.05) is 6.07 Å². The molecule has 6 rings (SSSR count). The lowest BCUT2D eigenvalue weighted by atomic mass is 10.1. The zero-order chi connectivity index (χ0) is 36.1. The second-order valence-electron chi connectivity index (χ2n) is 11.0. The van der Waals surface area contributed by atoms with E-state index in [4.69, 9.17) is 54.0 Å². The number of nitrogens with zero attached hydrogens (tertiary/aromatic N) is 1. The largest absolute Gasteiger partial charge is 0.493 e. The van der Waals surface area contributed by atoms with Gasteiger partial charge < -0.3 is 53.1 Å². The molecular weight excluding hydrogens is 682 g/mol. The zero-order valence-corrected chi connectivity index (χ0v) is 29.5. The fourth-order valence-electron chi connectivity index (χ4n) is 5.62. The highest BCUT2D eigenvalue weighted by Crippen LogP contribution is 2.44. The SMILES string of the molecule is COc1cc(C2NC(=O)c3cc(Cl)ccc3N2)ccc1OCCOc1c(OC)cc(-c2cc(-c3cc(OC)c(OC)c(OC)c3)no2)cc1OC. The molecule has 13 nitrogen and oxygen atoms in total. The maximum Gasteiger partial charge on any atom is 0.255 e. The molecule has 1 aliphatic heterocycles. The molecule has 0 aliphatic carbocycles. The minimum atomic E-state index is -0.474. The van der Waals surface area contributed by atoms with Crippen molar-refractivity contribution in [2.24, 2.45) is 0 Å². The average Bonchev–Trinajstić information content (AvgIpc) is 3.66. The van der Waals surface area contributed by atoms with Gasteiger partial charge >= 0.3 is 0 Å². The van der Waals surface area contributed by atoms with Gasteiger partial charge in [-0.25, -0.2) is 0 Å². The lowest BCUT2D eigenvalue weighted by molar-refractivity contribution is 0.0935. The number of carbonyl (C=O) groups is 1. The summed E-state index contributed by atoms with van der Waals surface area (Å²) in [7, 11) is 9.26. The fraction of sp³-hybridized carbons (Fsp3) is 0.243. The monoisotopic (exact) mass is 717 g/mol. The Morgan fingerprint density at radius 2 is 1.27 bits per heavy atom. The molecule has 2 heterocycles. The smallest absolute Gasteiger partial charge is 0.255 e. The van der Waals surface area contributed by atoms with E-state index in [0.29, 0.717) is 84.9 Å². The van der Waals surface area contributed by atoms with Gasteiger partial charge in [-0.1, -0.05) is 22.8 Å². The van der Waals surface area contributed by atoms with Crippen LogP contribution in [0.3, 0.4) is 0 Å². The molecule has 5 aromatic rings. The van der Waals surface area contributed by atoms with Crippen molar-refractivity contribution >= 4 is 23.2 Å². The predicted molar refractivity (Wildman–Crippen MR) is 189 cm³/mol. The fourth-order valence-corrected chi connectivity index (χ4v) is 5.79. The first-order valence-electron chi connectivity index (χ1n) is 15.6. The van der Waals surface area contributed by atoms with Crippen molar-refractivity contribution in [1.82, 2.24) is 10.5 Å². The number of ether oxygens (including phenoxy) is 8. The Morgan fingerprint density at radius 1 is 0.647 bits per heavy atom. The van der Waals surface area contributed by atoms with Crippen LogP contribution in [0.15, 0.2) is 71.3 Å². The summed E-state index contributed by atoms with van der Waals surface area (Å²) in [4.78, 5) is 12.7. The molecule has 0 saturated heterocycles. The number of hydrogen-bond acceptors (Lipinski definition) is 12. The van der Waals surface area contributed by atoms with E-state index in [0.717, 1.165) is 5.56 Å². The van der Waals surface area contributed by atoms with Crippen LogP contribution in [0.2, 0.25) is 5.02 Å². The van der Waals surface area contributed by atoms with E-state index >= 15 is 0 Å². The third-order valence-electron chi connectivity index (χ3n) is 8.13. The van der Waals surface area contributed by atoms with Crippen LogP contribution < -0.4 is 48.5 Å². The molecule has 14 heteroatoms. The maximum atomic E-state index is 12.7. The Bertz CT molecular complexity index is 2000. The van der Waals surface area contributed by atoms with E-state index in [2.05, 4.69) is 15.8 Å². The third kappa shape index (κ3) is 7.19. The normalized spacial score (nSPS) is 13.3. The van der Waals surface area contributed by atoms with Crippen LogP contribution in [-0.2, 0) is 0 Å². The van der Waals surface area contributed by atoms with Crippen molar-refractivity contribution < 1.29 is 47.2 Å². The molecule has 0 fully saturated rings. The quantitative estimate of drug-likeness (QED) is 0.114. The number of rotatable bonds is 14. The third-order valence-corrected chi connectivity index (χ3v) is 8.36. The second-order valence-corrected chi connectivity index (χ2v) is 11.5. The minimum absolute atomic E-state index is 0.157. The van der Waals surface area contributed by atoms with Crippen molar-refractivity contribution in [3.05, 3.63) is 82.9 Å². The summed E-state index contributed by atoms with van der Waals surface area (Å²) >= 11 is 6.06. The van der Waals surface area contributed by atoms with Crippen LogP contribution >= 0.6 is 11.6 Å². The van der Waals surface area contributed by atoms with E-state index in [1.54, 1.807) is 89.1 Å². The Morgan fingerprint density at radius 3 is 1.92 bits per heavy atom. The molecule has 0 radical (unpaired) electrons. The number of nitrogens with one attached hydrogen (secondary N) is 2. The molecule has 1 aliphatic rings. The summed E-state index contributed by atoms with van der Waals surface area (Å²) < 4.78 is 51.1. The number of benzene rings is 4. The topological polar surface area (TPSA) is 141 Å². The molecule has 266 valence electrons. The second kappa shape index (κ2) is 15.3. The molecule has 0 saturated carbocycles. The molecule has 0 spiro atoms. The van der Waals surface area contributed by atoms with Gasteiger partial charge in [0.05, 0.1) is 48.2 Å². The highest BCUT2D eigenvalue weighted by Gasteiger charge is 2.26. The van der Waals surface area contributed by atoms with Crippen LogP contribution in [0.5, 0.6) is 46.0 Å². The van der Waals surface area contributed by atoms with Crippen molar-refractivity contribution in [3.63, 3.8) is 0 Å². The first kappa shape index (κ1) is 34.9. The standard InChI is InChI=1S/C37H36ClN3O10/c1-43-29-13-20(36-39-25-9-8-23(38)18-24(25)37(42)40-36)7-10-27(29)49-11-12-50-35-32(46-4)16-22(17-33(35)47-5)28-19-26(41-51-28)21-14-30(44-2)34(48-6)31(15-21)45-3/h7-10,13-19,36,39H,11-12H2,1-6H3,(H,40,42). The van der Waals surface area contributed by atoms with Crippen LogP contribution in [0.4, 0.5) is 5.69 Å². The van der Waals surface area contributed by atoms with E-state index in [-0.39, 0.29) is 19.1 Å². The van der Waals surface area contributed by atoms with Gasteiger partial charge in [0.25, 0.3) is 5.91 Å². The molecule has 1 amide bonds. The molecule has 1 aromatic heterocycles. The number of aromatic nitrogens is 1. The molecule has 0 bridgehead atoms. The molecule has 2 N–H and O–H groups in total. The predicted octanol–water partition coefficient (Wildman–Crippen LogP) is 7.03. The lowest BCUT2D eigenvalue weighted by Gasteiger charge is -2.28. The molecule has 4 aromatic carbocycles. The summed E-state index contributed by atoms with van der Waals surface area (Å²) in [6.07, 6.45) is -0.474. The van der Waals surface area contributed by atoms with Crippen molar-refractivity contribution in [3.8, 4) is 68.6 Å². The van der Waals surface area contributed by atoms with Gasteiger partial charge in [-0.05, 0) is 60.2 Å². The van der Waals surface area contributed by atoms with Gasteiger partial charge in [0.2, 0.25) is 11.5 Å². The van der Waals surface area contributed by atoms with E-state index in [9.17, 15) is 4.79 Å². The van der Waals surface area contributed by atoms with Crippen molar-refractivity contribution in [1.29, 1.82) is 0 Å². The summed E-state index contributed by atoms with van der Waals surface area (Å²) in [5.74, 6) is 3.91. The number of carbonyl (C=O) groups excluding carboxylic acids is 1. The first-order valence-corrected chi connectivity index (χ1v) is 16.0. The van der Waals surface area contributed by atoms with Crippen molar-refractivity contribution in [2.45, 2.75) is 6.17 Å². The van der Waals surface area contributed by atoms with Crippen LogP contribution in [-0.4, -0.2) is 66.9 Å². The van der Waals surface area contributed by atoms with Crippen LogP contribution in [0.25, 0.3) is 22.6 Å². The molecular formula is C37H36ClN3O10. The highest BCUT2D eigenvalue weighted by molar-refractivity contribution is 6.31. The number of methoxy groups -OCH3 is 6. The number of halogens is 1. The molecule has 1 unspecified atom stereocenters. The van der Waals surface area contributed by atoms with Gasteiger partial charge in [-0.15, -0.1) is 0 Å². The van der Waals surface area contributed by atoms with Gasteiger partial charge in [0.1, 0.15) is 25.1 Å². The van der Waals surface area contributed by atoms with Gasteiger partial charge in [-0.3, -0.25) is 4.79 Å². The zero-order valence-electron chi connectivity index (χ0n) is 28.8. The first-order chi connectivity index (χ1) is 24.8. The van der Waals surface area contributed by atoms with Crippen LogP contribution in [0, 0.1) is 0 Å². The number of anilines is 1. The minimum Gasteiger partial charge on any atom is -0.493 e. The van der Waals surface area contributed by atoms with Crippen LogP contribution in [0.1, 0.15) is 22.1 Å². The Hall–Kier alpha value is -5.95. The van der Waals surface area contributed by atoms with E-state index < -0.39 is 6.17 Å². The Kier molecular flexibility index (Phi) is 10.5. The van der Waals surface area contributed by atoms with Gasteiger partial charge in [-0.2, -0.15) is 0 Å². The number of fused-ring (bicyclic) bond motifs is 1. The number of amides is 1. The Labute approximate surface area is 299 Å². The summed E-state index contributed by atoms with van der Waals surface area (Å²) in [6.45, 7) is 0.334.